The largest absolute Gasteiger partial charge is 2.00 e. The molecule has 0 N–H and O–H groups in total. The van der Waals surface area contributed by atoms with Gasteiger partial charge < -0.3 is 59.5 Å². The van der Waals surface area contributed by atoms with E-state index in [1.54, 1.807) is 23.9 Å². The average molecular weight is 473 g/mol. The molecule has 0 spiro atoms. The summed E-state index contributed by atoms with van der Waals surface area (Å²) >= 11 is 19.1. The topological polar surface area (TPSA) is 74.8 Å². The summed E-state index contributed by atoms with van der Waals surface area (Å²) in [5, 5.41) is 0. The van der Waals surface area contributed by atoms with E-state index in [2.05, 4.69) is 0 Å². The van der Waals surface area contributed by atoms with E-state index in [0.29, 0.717) is 21.5 Å². The van der Waals surface area contributed by atoms with Gasteiger partial charge in [0.1, 0.15) is 0 Å². The molecule has 2 aliphatic heterocycles. The quantitative estimate of drug-likeness (QED) is 0.298. The van der Waals surface area contributed by atoms with Crippen molar-refractivity contribution in [3.05, 3.63) is 0 Å². The Kier molecular flexibility index (Phi) is 10.8. The standard InChI is InChI=1S/2C6H11NO2S3.Mg/c2*1-7(6(10)11)5-2-3-12(8,9)4-5;/h2*5H,2-4H2,1H3,(H,10,11);/q;;+2/p-2. The van der Waals surface area contributed by atoms with Crippen molar-refractivity contribution in [3.8, 4) is 0 Å². The molecule has 0 aliphatic carbocycles. The third-order valence-electron chi connectivity index (χ3n) is 4.09. The number of hydrogen-bond donors (Lipinski definition) is 0. The zero-order valence-electron chi connectivity index (χ0n) is 14.1. The molecule has 2 heterocycles. The molecule has 2 saturated heterocycles. The second-order valence-corrected chi connectivity index (χ2v) is 12.4. The Labute approximate surface area is 188 Å². The minimum atomic E-state index is -2.82. The number of nitrogens with zero attached hydrogens (tertiary/aromatic N) is 2. The van der Waals surface area contributed by atoms with Crippen LogP contribution in [0.4, 0.5) is 0 Å². The first kappa shape index (κ1) is 25.9. The van der Waals surface area contributed by atoms with E-state index in [1.807, 2.05) is 0 Å². The predicted octanol–water partition coefficient (Wildman–Crippen LogP) is -0.507. The van der Waals surface area contributed by atoms with Gasteiger partial charge in [0.25, 0.3) is 0 Å². The van der Waals surface area contributed by atoms with Crippen LogP contribution in [0.25, 0.3) is 0 Å². The molecular weight excluding hydrogens is 453 g/mol. The van der Waals surface area contributed by atoms with E-state index >= 15 is 0 Å². The van der Waals surface area contributed by atoms with Gasteiger partial charge in [-0.2, -0.15) is 0 Å². The number of rotatable bonds is 2. The smallest absolute Gasteiger partial charge is 0.411 e. The molecule has 6 nitrogen and oxygen atoms in total. The van der Waals surface area contributed by atoms with Crippen LogP contribution in [0.2, 0.25) is 0 Å². The van der Waals surface area contributed by atoms with Gasteiger partial charge in [0.05, 0.1) is 23.0 Å². The zero-order chi connectivity index (χ0) is 18.7. The summed E-state index contributed by atoms with van der Waals surface area (Å²) in [5.41, 5.74) is 0. The first-order chi connectivity index (χ1) is 10.8. The van der Waals surface area contributed by atoms with Gasteiger partial charge in [-0.15, -0.1) is 0 Å². The van der Waals surface area contributed by atoms with E-state index in [-0.39, 0.29) is 58.1 Å². The van der Waals surface area contributed by atoms with Crippen molar-refractivity contribution in [1.82, 2.24) is 9.80 Å². The van der Waals surface area contributed by atoms with Crippen molar-refractivity contribution >= 4 is 101 Å². The number of thiocarbonyl (C=S) groups is 2. The molecule has 140 valence electrons. The molecule has 0 amide bonds. The molecule has 0 aromatic carbocycles. The fourth-order valence-electron chi connectivity index (χ4n) is 2.46. The summed E-state index contributed by atoms with van der Waals surface area (Å²) in [6.07, 6.45) is 1.30. The second kappa shape index (κ2) is 10.4. The monoisotopic (exact) mass is 472 g/mol. The Morgan fingerprint density at radius 3 is 1.28 bits per heavy atom. The van der Waals surface area contributed by atoms with Crippen LogP contribution in [-0.4, -0.2) is 108 Å². The van der Waals surface area contributed by atoms with Gasteiger partial charge in [-0.05, 0) is 12.8 Å². The van der Waals surface area contributed by atoms with Crippen LogP contribution < -0.4 is 0 Å². The maximum absolute atomic E-state index is 11.1. The fourth-order valence-corrected chi connectivity index (χ4v) is 6.60. The van der Waals surface area contributed by atoms with Crippen molar-refractivity contribution in [3.63, 3.8) is 0 Å². The molecule has 0 bridgehead atoms. The van der Waals surface area contributed by atoms with E-state index in [1.165, 1.54) is 0 Å². The minimum absolute atomic E-state index is 0. The Balaban J connectivity index is 0.000000443. The van der Waals surface area contributed by atoms with E-state index in [0.717, 1.165) is 0 Å². The zero-order valence-corrected chi connectivity index (χ0v) is 20.4. The van der Waals surface area contributed by atoms with Gasteiger partial charge in [-0.25, -0.2) is 16.8 Å². The second-order valence-electron chi connectivity index (χ2n) is 5.87. The molecule has 13 heteroatoms. The molecule has 2 unspecified atom stereocenters. The third kappa shape index (κ3) is 8.62. The fraction of sp³-hybridized carbons (Fsp3) is 0.833. The average Bonchev–Trinajstić information content (AvgIpc) is 2.99. The van der Waals surface area contributed by atoms with Crippen LogP contribution in [0, 0.1) is 0 Å². The number of hydrogen-bond acceptors (Lipinski definition) is 8. The molecule has 2 atom stereocenters. The van der Waals surface area contributed by atoms with Gasteiger partial charge in [0.15, 0.2) is 19.7 Å². The first-order valence-corrected chi connectivity index (χ1v) is 12.4. The summed E-state index contributed by atoms with van der Waals surface area (Å²) in [6.45, 7) is 0. The minimum Gasteiger partial charge on any atom is -0.411 e. The predicted molar refractivity (Wildman–Crippen MR) is 115 cm³/mol. The van der Waals surface area contributed by atoms with Crippen LogP contribution in [0.1, 0.15) is 12.8 Å². The normalized spacial score (nSPS) is 25.8. The summed E-state index contributed by atoms with van der Waals surface area (Å²) in [6, 6.07) is -0.000000000000000444. The molecule has 25 heavy (non-hydrogen) atoms. The Morgan fingerprint density at radius 2 is 1.12 bits per heavy atom. The van der Waals surface area contributed by atoms with Crippen molar-refractivity contribution in [1.29, 1.82) is 0 Å². The molecule has 2 fully saturated rings. The maximum atomic E-state index is 11.1. The van der Waals surface area contributed by atoms with E-state index < -0.39 is 19.7 Å². The molecule has 0 aromatic rings. The van der Waals surface area contributed by atoms with Crippen molar-refractivity contribution < 1.29 is 16.8 Å². The first-order valence-electron chi connectivity index (χ1n) is 7.13. The van der Waals surface area contributed by atoms with Crippen LogP contribution in [0.15, 0.2) is 0 Å². The van der Waals surface area contributed by atoms with Gasteiger partial charge in [0.2, 0.25) is 0 Å². The molecule has 2 aliphatic rings. The summed E-state index contributed by atoms with van der Waals surface area (Å²) < 4.78 is 44.9. The summed E-state index contributed by atoms with van der Waals surface area (Å²) in [7, 11) is -2.14. The number of sulfone groups is 2. The van der Waals surface area contributed by atoms with Crippen molar-refractivity contribution in [2.75, 3.05) is 37.1 Å². The van der Waals surface area contributed by atoms with Crippen LogP contribution in [0.3, 0.4) is 0 Å². The SMILES string of the molecule is CN(C(=S)[S-])C1CCS(=O)(=O)C1.CN(C(=S)[S-])C1CCS(=O)(=O)C1.[Mg+2]. The van der Waals surface area contributed by atoms with Crippen LogP contribution in [-0.2, 0) is 44.9 Å². The summed E-state index contributed by atoms with van der Waals surface area (Å²) in [4.78, 5) is 3.38. The van der Waals surface area contributed by atoms with Gasteiger partial charge in [0, 0.05) is 26.2 Å². The summed E-state index contributed by atoms with van der Waals surface area (Å²) in [5.74, 6) is 0.917. The van der Waals surface area contributed by atoms with Gasteiger partial charge in [-0.3, -0.25) is 0 Å². The van der Waals surface area contributed by atoms with Crippen LogP contribution >= 0.6 is 24.4 Å². The van der Waals surface area contributed by atoms with E-state index in [9.17, 15) is 16.8 Å². The molecular formula is C12H20MgN2O4S6. The van der Waals surface area contributed by atoms with Gasteiger partial charge >= 0.3 is 23.1 Å². The molecule has 0 radical (unpaired) electrons. The van der Waals surface area contributed by atoms with Crippen LogP contribution in [0.5, 0.6) is 0 Å². The Hall–Kier alpha value is 0.886. The van der Waals surface area contributed by atoms with E-state index in [4.69, 9.17) is 49.7 Å². The molecule has 0 aromatic heterocycles. The molecule has 0 saturated carbocycles. The van der Waals surface area contributed by atoms with Gasteiger partial charge in [-0.1, -0.05) is 8.64 Å². The van der Waals surface area contributed by atoms with Crippen molar-refractivity contribution in [2.45, 2.75) is 24.9 Å². The Morgan fingerprint density at radius 1 is 0.840 bits per heavy atom. The third-order valence-corrected chi connectivity index (χ3v) is 8.74. The van der Waals surface area contributed by atoms with Crippen molar-refractivity contribution in [2.24, 2.45) is 0 Å². The molecule has 2 rings (SSSR count). The maximum Gasteiger partial charge on any atom is 2.00 e. The Bertz CT molecular complexity index is 636.